The van der Waals surface area contributed by atoms with Crippen LogP contribution in [0.1, 0.15) is 26.2 Å². The highest BCUT2D eigenvalue weighted by atomic mass is 19.1. The van der Waals surface area contributed by atoms with E-state index >= 15 is 0 Å². The molecule has 2 N–H and O–H groups in total. The molecule has 1 nitrogen and oxygen atoms in total. The maximum absolute atomic E-state index is 12.6. The van der Waals surface area contributed by atoms with E-state index in [1.807, 2.05) is 0 Å². The molecule has 0 radical (unpaired) electrons. The highest BCUT2D eigenvalue weighted by Gasteiger charge is 2.29. The maximum atomic E-state index is 12.6. The Morgan fingerprint density at radius 3 is 2.60 bits per heavy atom. The minimum absolute atomic E-state index is 0.192. The third-order valence-corrected chi connectivity index (χ3v) is 2.31. The Bertz CT molecular complexity index is 101. The molecule has 1 aliphatic carbocycles. The Hall–Kier alpha value is -0.110. The molecule has 1 fully saturated rings. The van der Waals surface area contributed by atoms with Crippen molar-refractivity contribution in [3.63, 3.8) is 0 Å². The smallest absolute Gasteiger partial charge is 0.113 e. The van der Waals surface area contributed by atoms with Crippen molar-refractivity contribution in [2.75, 3.05) is 6.54 Å². The third-order valence-electron chi connectivity index (χ3n) is 2.31. The second-order valence-corrected chi connectivity index (χ2v) is 3.38. The van der Waals surface area contributed by atoms with Gasteiger partial charge in [0.05, 0.1) is 0 Å². The van der Waals surface area contributed by atoms with Crippen LogP contribution in [0, 0.1) is 11.8 Å². The molecule has 2 atom stereocenters. The fourth-order valence-corrected chi connectivity index (χ4v) is 1.36. The predicted molar refractivity (Wildman–Crippen MR) is 40.5 cm³/mol. The van der Waals surface area contributed by atoms with Crippen LogP contribution in [0.2, 0.25) is 0 Å². The Labute approximate surface area is 61.8 Å². The van der Waals surface area contributed by atoms with E-state index in [1.54, 1.807) is 0 Å². The molecule has 1 aliphatic rings. The summed E-state index contributed by atoms with van der Waals surface area (Å²) in [6.45, 7) is 2.32. The van der Waals surface area contributed by atoms with Crippen LogP contribution in [0.3, 0.4) is 0 Å². The lowest BCUT2D eigenvalue weighted by Crippen LogP contribution is -2.18. The van der Waals surface area contributed by atoms with E-state index in [0.29, 0.717) is 12.3 Å². The summed E-state index contributed by atoms with van der Waals surface area (Å²) in [7, 11) is 0. The van der Waals surface area contributed by atoms with Crippen LogP contribution in [-0.4, -0.2) is 12.7 Å². The Kier molecular flexibility index (Phi) is 2.66. The highest BCUT2D eigenvalue weighted by Crippen LogP contribution is 2.38. The quantitative estimate of drug-likeness (QED) is 0.640. The van der Waals surface area contributed by atoms with Gasteiger partial charge in [0, 0.05) is 6.54 Å². The van der Waals surface area contributed by atoms with Crippen molar-refractivity contribution in [1.82, 2.24) is 0 Å². The maximum Gasteiger partial charge on any atom is 0.113 e. The molecule has 0 heterocycles. The van der Waals surface area contributed by atoms with Crippen LogP contribution in [0.5, 0.6) is 0 Å². The summed E-state index contributed by atoms with van der Waals surface area (Å²) < 4.78 is 12.6. The minimum atomic E-state index is -0.768. The summed E-state index contributed by atoms with van der Waals surface area (Å²) in [4.78, 5) is 0. The van der Waals surface area contributed by atoms with E-state index in [-0.39, 0.29) is 6.54 Å². The number of hydrogen-bond acceptors (Lipinski definition) is 1. The van der Waals surface area contributed by atoms with Crippen molar-refractivity contribution in [3.8, 4) is 0 Å². The van der Waals surface area contributed by atoms with Crippen molar-refractivity contribution in [2.45, 2.75) is 32.4 Å². The molecule has 10 heavy (non-hydrogen) atoms. The predicted octanol–water partition coefficient (Wildman–Crippen LogP) is 1.72. The molecule has 1 rings (SSSR count). The number of hydrogen-bond donors (Lipinski definition) is 1. The second kappa shape index (κ2) is 3.33. The molecule has 60 valence electrons. The number of halogens is 1. The average molecular weight is 145 g/mol. The van der Waals surface area contributed by atoms with Crippen molar-refractivity contribution >= 4 is 0 Å². The molecule has 0 aromatic carbocycles. The topological polar surface area (TPSA) is 26.0 Å². The fourth-order valence-electron chi connectivity index (χ4n) is 1.36. The van der Waals surface area contributed by atoms with Gasteiger partial charge in [0.1, 0.15) is 6.17 Å². The summed E-state index contributed by atoms with van der Waals surface area (Å²) in [5.74, 6) is 1.36. The third kappa shape index (κ3) is 2.25. The minimum Gasteiger partial charge on any atom is -0.328 e. The van der Waals surface area contributed by atoms with Crippen LogP contribution in [0.15, 0.2) is 0 Å². The van der Waals surface area contributed by atoms with Gasteiger partial charge in [0.15, 0.2) is 0 Å². The van der Waals surface area contributed by atoms with Crippen LogP contribution in [0.4, 0.5) is 4.39 Å². The molecule has 2 unspecified atom stereocenters. The molecule has 0 bridgehead atoms. The second-order valence-electron chi connectivity index (χ2n) is 3.38. The number of alkyl halides is 1. The first kappa shape index (κ1) is 7.99. The normalized spacial score (nSPS) is 24.3. The lowest BCUT2D eigenvalue weighted by molar-refractivity contribution is 0.269. The molecule has 1 saturated carbocycles. The van der Waals surface area contributed by atoms with Crippen molar-refractivity contribution in [1.29, 1.82) is 0 Å². The van der Waals surface area contributed by atoms with E-state index in [4.69, 9.17) is 5.73 Å². The van der Waals surface area contributed by atoms with Gasteiger partial charge in [-0.15, -0.1) is 0 Å². The summed E-state index contributed by atoms with van der Waals surface area (Å²) >= 11 is 0. The SMILES string of the molecule is CC(CC(F)CN)C1CC1. The molecule has 0 saturated heterocycles. The summed E-state index contributed by atoms with van der Waals surface area (Å²) in [5, 5.41) is 0. The lowest BCUT2D eigenvalue weighted by atomic mass is 9.99. The first-order valence-corrected chi connectivity index (χ1v) is 4.08. The van der Waals surface area contributed by atoms with Gasteiger partial charge in [-0.1, -0.05) is 6.92 Å². The Balaban J connectivity index is 2.10. The van der Waals surface area contributed by atoms with Crippen LogP contribution < -0.4 is 5.73 Å². The molecule has 0 aromatic rings. The van der Waals surface area contributed by atoms with Crippen LogP contribution in [-0.2, 0) is 0 Å². The molecule has 0 aromatic heterocycles. The molecule has 0 amide bonds. The Morgan fingerprint density at radius 2 is 2.20 bits per heavy atom. The summed E-state index contributed by atoms with van der Waals surface area (Å²) in [5.41, 5.74) is 5.17. The van der Waals surface area contributed by atoms with Gasteiger partial charge in [-0.3, -0.25) is 0 Å². The van der Waals surface area contributed by atoms with Gasteiger partial charge in [0.25, 0.3) is 0 Å². The van der Waals surface area contributed by atoms with Gasteiger partial charge in [-0.05, 0) is 31.1 Å². The zero-order chi connectivity index (χ0) is 7.56. The molecular formula is C8H16FN. The zero-order valence-corrected chi connectivity index (χ0v) is 6.52. The highest BCUT2D eigenvalue weighted by molar-refractivity contribution is 4.80. The molecule has 2 heteroatoms. The van der Waals surface area contributed by atoms with E-state index in [2.05, 4.69) is 6.92 Å². The summed E-state index contributed by atoms with van der Waals surface area (Å²) in [6.07, 6.45) is 2.51. The van der Waals surface area contributed by atoms with E-state index < -0.39 is 6.17 Å². The lowest BCUT2D eigenvalue weighted by Gasteiger charge is -2.11. The van der Waals surface area contributed by atoms with E-state index in [0.717, 1.165) is 5.92 Å². The van der Waals surface area contributed by atoms with Crippen LogP contribution >= 0.6 is 0 Å². The van der Waals surface area contributed by atoms with E-state index in [1.165, 1.54) is 12.8 Å². The van der Waals surface area contributed by atoms with Crippen molar-refractivity contribution < 1.29 is 4.39 Å². The largest absolute Gasteiger partial charge is 0.328 e. The number of rotatable bonds is 4. The van der Waals surface area contributed by atoms with Gasteiger partial charge in [-0.25, -0.2) is 4.39 Å². The molecular weight excluding hydrogens is 129 g/mol. The Morgan fingerprint density at radius 1 is 1.60 bits per heavy atom. The summed E-state index contributed by atoms with van der Waals surface area (Å²) in [6, 6.07) is 0. The van der Waals surface area contributed by atoms with Crippen molar-refractivity contribution in [3.05, 3.63) is 0 Å². The van der Waals surface area contributed by atoms with Gasteiger partial charge < -0.3 is 5.73 Å². The van der Waals surface area contributed by atoms with E-state index in [9.17, 15) is 4.39 Å². The zero-order valence-electron chi connectivity index (χ0n) is 6.52. The monoisotopic (exact) mass is 145 g/mol. The fraction of sp³-hybridized carbons (Fsp3) is 1.00. The average Bonchev–Trinajstić information content (AvgIpc) is 2.68. The first-order valence-electron chi connectivity index (χ1n) is 4.08. The number of nitrogens with two attached hydrogens (primary N) is 1. The first-order chi connectivity index (χ1) is 4.74. The standard InChI is InChI=1S/C8H16FN/c1-6(7-2-3-7)4-8(9)5-10/h6-8H,2-5,10H2,1H3. The van der Waals surface area contributed by atoms with Crippen LogP contribution in [0.25, 0.3) is 0 Å². The molecule has 0 spiro atoms. The van der Waals surface area contributed by atoms with Gasteiger partial charge in [-0.2, -0.15) is 0 Å². The van der Waals surface area contributed by atoms with Gasteiger partial charge in [0.2, 0.25) is 0 Å². The van der Waals surface area contributed by atoms with Gasteiger partial charge >= 0.3 is 0 Å². The van der Waals surface area contributed by atoms with Crippen molar-refractivity contribution in [2.24, 2.45) is 17.6 Å². The molecule has 0 aliphatic heterocycles.